The normalized spacial score (nSPS) is 18.1. The number of carbonyl (C=O) groups excluding carboxylic acids is 1. The molecular formula is C18H22N4O3. The minimum atomic E-state index is -0.498. The first-order valence-corrected chi connectivity index (χ1v) is 8.82. The topological polar surface area (TPSA) is 91.2 Å². The highest BCUT2D eigenvalue weighted by atomic mass is 16.3. The van der Waals surface area contributed by atoms with Gasteiger partial charge in [-0.1, -0.05) is 6.92 Å². The summed E-state index contributed by atoms with van der Waals surface area (Å²) in [5.41, 5.74) is 2.56. The van der Waals surface area contributed by atoms with Crippen molar-refractivity contribution < 1.29 is 9.90 Å². The molecule has 2 aromatic heterocycles. The molecule has 0 aromatic carbocycles. The van der Waals surface area contributed by atoms with E-state index >= 15 is 0 Å². The van der Waals surface area contributed by atoms with Crippen molar-refractivity contribution in [2.75, 3.05) is 6.54 Å². The van der Waals surface area contributed by atoms with Gasteiger partial charge in [-0.15, -0.1) is 0 Å². The molecule has 0 spiro atoms. The molecule has 0 radical (unpaired) electrons. The molecule has 0 bridgehead atoms. The van der Waals surface area contributed by atoms with E-state index in [1.165, 1.54) is 6.07 Å². The first-order valence-electron chi connectivity index (χ1n) is 8.82. The Kier molecular flexibility index (Phi) is 3.95. The smallest absolute Gasteiger partial charge is 0.254 e. The number of aryl methyl sites for hydroxylation is 1. The number of nitrogens with one attached hydrogen (secondary N) is 1. The maximum absolute atomic E-state index is 12.8. The third-order valence-corrected chi connectivity index (χ3v) is 5.00. The molecule has 2 N–H and O–H groups in total. The molecule has 3 heterocycles. The van der Waals surface area contributed by atoms with Crippen molar-refractivity contribution in [1.82, 2.24) is 19.7 Å². The Morgan fingerprint density at radius 1 is 1.36 bits per heavy atom. The molecule has 132 valence electrons. The van der Waals surface area contributed by atoms with Crippen LogP contribution < -0.4 is 5.56 Å². The zero-order valence-electron chi connectivity index (χ0n) is 14.2. The Morgan fingerprint density at radius 2 is 2.16 bits per heavy atom. The molecule has 7 nitrogen and oxygen atoms in total. The number of pyridine rings is 1. The van der Waals surface area contributed by atoms with Crippen molar-refractivity contribution in [3.63, 3.8) is 0 Å². The fourth-order valence-corrected chi connectivity index (χ4v) is 3.36. The Bertz CT molecular complexity index is 865. The van der Waals surface area contributed by atoms with Gasteiger partial charge in [0.25, 0.3) is 5.91 Å². The third-order valence-electron chi connectivity index (χ3n) is 5.00. The van der Waals surface area contributed by atoms with E-state index in [9.17, 15) is 14.7 Å². The molecule has 2 aromatic rings. The number of rotatable bonds is 4. The number of aromatic nitrogens is 3. The largest absolute Gasteiger partial charge is 0.386 e. The van der Waals surface area contributed by atoms with Crippen LogP contribution in [0.3, 0.4) is 0 Å². The van der Waals surface area contributed by atoms with Gasteiger partial charge in [0.2, 0.25) is 5.56 Å². The lowest BCUT2D eigenvalue weighted by Crippen LogP contribution is -2.38. The molecule has 0 saturated heterocycles. The van der Waals surface area contributed by atoms with Crippen LogP contribution in [0.1, 0.15) is 53.3 Å². The van der Waals surface area contributed by atoms with Gasteiger partial charge < -0.3 is 15.0 Å². The van der Waals surface area contributed by atoms with Crippen LogP contribution in [0.2, 0.25) is 0 Å². The molecule has 4 rings (SSSR count). The summed E-state index contributed by atoms with van der Waals surface area (Å²) in [4.78, 5) is 29.0. The second-order valence-corrected chi connectivity index (χ2v) is 6.90. The van der Waals surface area contributed by atoms with Crippen molar-refractivity contribution in [2.45, 2.75) is 45.4 Å². The number of hydrogen-bond donors (Lipinski definition) is 2. The summed E-state index contributed by atoms with van der Waals surface area (Å²) in [5.74, 6) is 0.190. The van der Waals surface area contributed by atoms with Gasteiger partial charge in [-0.2, -0.15) is 5.10 Å². The Morgan fingerprint density at radius 3 is 2.88 bits per heavy atom. The highest BCUT2D eigenvalue weighted by molar-refractivity contribution is 5.94. The third kappa shape index (κ3) is 3.11. The predicted molar refractivity (Wildman–Crippen MR) is 91.1 cm³/mol. The van der Waals surface area contributed by atoms with Gasteiger partial charge in [-0.05, 0) is 37.3 Å². The molecular weight excluding hydrogens is 320 g/mol. The molecule has 1 amide bonds. The number of fused-ring (bicyclic) bond motifs is 1. The van der Waals surface area contributed by atoms with E-state index in [4.69, 9.17) is 0 Å². The molecule has 0 unspecified atom stereocenters. The molecule has 1 aliphatic carbocycles. The van der Waals surface area contributed by atoms with Crippen LogP contribution in [0, 0.1) is 5.92 Å². The van der Waals surface area contributed by atoms with Crippen LogP contribution in [0.25, 0.3) is 0 Å². The number of aromatic amines is 1. The standard InChI is InChI=1S/C18H22N4O3/c1-2-13-7-12(8-16(23)19-13)18(25)21-5-6-22-14(10-21)9-15(20-22)17(24)11-3-4-11/h7-9,11,17,24H,2-6,10H2,1H3,(H,19,23)/t17-/m0/s1. The second-order valence-electron chi connectivity index (χ2n) is 6.90. The minimum Gasteiger partial charge on any atom is -0.386 e. The molecule has 25 heavy (non-hydrogen) atoms. The van der Waals surface area contributed by atoms with Gasteiger partial charge in [0.05, 0.1) is 24.5 Å². The highest BCUT2D eigenvalue weighted by Gasteiger charge is 2.33. The van der Waals surface area contributed by atoms with Crippen LogP contribution in [-0.4, -0.2) is 37.2 Å². The Hall–Kier alpha value is -2.41. The van der Waals surface area contributed by atoms with Crippen molar-refractivity contribution in [2.24, 2.45) is 5.92 Å². The minimum absolute atomic E-state index is 0.141. The average Bonchev–Trinajstić information content (AvgIpc) is 3.38. The van der Waals surface area contributed by atoms with Crippen molar-refractivity contribution in [1.29, 1.82) is 0 Å². The van der Waals surface area contributed by atoms with Crippen LogP contribution in [0.5, 0.6) is 0 Å². The lowest BCUT2D eigenvalue weighted by molar-refractivity contribution is 0.0705. The van der Waals surface area contributed by atoms with Gasteiger partial charge in [0.1, 0.15) is 6.10 Å². The lowest BCUT2D eigenvalue weighted by atomic mass is 10.1. The average molecular weight is 342 g/mol. The summed E-state index contributed by atoms with van der Waals surface area (Å²) in [7, 11) is 0. The maximum atomic E-state index is 12.8. The summed E-state index contributed by atoms with van der Waals surface area (Å²) in [5, 5.41) is 14.7. The molecule has 2 aliphatic rings. The zero-order chi connectivity index (χ0) is 17.6. The number of amides is 1. The van der Waals surface area contributed by atoms with Crippen LogP contribution >= 0.6 is 0 Å². The first-order chi connectivity index (χ1) is 12.0. The van der Waals surface area contributed by atoms with E-state index in [-0.39, 0.29) is 11.5 Å². The second kappa shape index (κ2) is 6.15. The van der Waals surface area contributed by atoms with E-state index in [2.05, 4.69) is 10.1 Å². The Balaban J connectivity index is 1.54. The quantitative estimate of drug-likeness (QED) is 0.874. The van der Waals surface area contributed by atoms with Crippen LogP contribution in [-0.2, 0) is 19.5 Å². The number of aliphatic hydroxyl groups is 1. The molecule has 1 aliphatic heterocycles. The molecule has 1 saturated carbocycles. The summed E-state index contributed by atoms with van der Waals surface area (Å²) in [6, 6.07) is 5.01. The summed E-state index contributed by atoms with van der Waals surface area (Å²) in [6.45, 7) is 3.52. The van der Waals surface area contributed by atoms with Gasteiger partial charge in [-0.3, -0.25) is 14.3 Å². The van der Waals surface area contributed by atoms with E-state index in [0.29, 0.717) is 43.2 Å². The SMILES string of the molecule is CCc1cc(C(=O)N2CCn3nc([C@@H](O)C4CC4)cc3C2)cc(=O)[nH]1. The number of nitrogens with zero attached hydrogens (tertiary/aromatic N) is 3. The number of H-pyrrole nitrogens is 1. The summed E-state index contributed by atoms with van der Waals surface area (Å²) >= 11 is 0. The molecule has 7 heteroatoms. The first kappa shape index (κ1) is 16.1. The zero-order valence-corrected chi connectivity index (χ0v) is 14.2. The lowest BCUT2D eigenvalue weighted by Gasteiger charge is -2.27. The fraction of sp³-hybridized carbons (Fsp3) is 0.500. The van der Waals surface area contributed by atoms with E-state index < -0.39 is 6.10 Å². The molecule has 1 atom stereocenters. The number of carbonyl (C=O) groups is 1. The van der Waals surface area contributed by atoms with Gasteiger partial charge in [0, 0.05) is 23.9 Å². The van der Waals surface area contributed by atoms with Crippen molar-refractivity contribution in [3.8, 4) is 0 Å². The van der Waals surface area contributed by atoms with Crippen LogP contribution in [0.4, 0.5) is 0 Å². The van der Waals surface area contributed by atoms with Crippen molar-refractivity contribution >= 4 is 5.91 Å². The van der Waals surface area contributed by atoms with Gasteiger partial charge in [-0.25, -0.2) is 0 Å². The molecule has 1 fully saturated rings. The number of aliphatic hydroxyl groups excluding tert-OH is 1. The monoisotopic (exact) mass is 342 g/mol. The maximum Gasteiger partial charge on any atom is 0.254 e. The predicted octanol–water partition coefficient (Wildman–Crippen LogP) is 1.23. The van der Waals surface area contributed by atoms with Crippen molar-refractivity contribution in [3.05, 3.63) is 51.2 Å². The Labute approximate surface area is 145 Å². The van der Waals surface area contributed by atoms with E-state index in [0.717, 1.165) is 24.2 Å². The van der Waals surface area contributed by atoms with Gasteiger partial charge >= 0.3 is 0 Å². The highest BCUT2D eigenvalue weighted by Crippen LogP contribution is 2.40. The van der Waals surface area contributed by atoms with E-state index in [1.54, 1.807) is 11.0 Å². The summed E-state index contributed by atoms with van der Waals surface area (Å²) in [6.07, 6.45) is 2.28. The number of hydrogen-bond acceptors (Lipinski definition) is 4. The fourth-order valence-electron chi connectivity index (χ4n) is 3.36. The van der Waals surface area contributed by atoms with Gasteiger partial charge in [0.15, 0.2) is 0 Å². The van der Waals surface area contributed by atoms with E-state index in [1.807, 2.05) is 17.7 Å². The summed E-state index contributed by atoms with van der Waals surface area (Å²) < 4.78 is 1.87. The van der Waals surface area contributed by atoms with Crippen LogP contribution in [0.15, 0.2) is 23.0 Å².